The summed E-state index contributed by atoms with van der Waals surface area (Å²) < 4.78 is 6.32. The number of carbonyl (C=O) groups excluding carboxylic acids is 2. The van der Waals surface area contributed by atoms with Gasteiger partial charge in [-0.1, -0.05) is 46.3 Å². The third-order valence-corrected chi connectivity index (χ3v) is 5.63. The number of aliphatic hydroxyl groups excluding tert-OH is 1. The number of aliphatic hydroxyl groups is 1. The second-order valence-electron chi connectivity index (χ2n) is 7.01. The lowest BCUT2D eigenvalue weighted by atomic mass is 9.95. The molecule has 1 aliphatic heterocycles. The van der Waals surface area contributed by atoms with Crippen LogP contribution in [0.25, 0.3) is 5.76 Å². The van der Waals surface area contributed by atoms with Gasteiger partial charge in [0.05, 0.1) is 18.2 Å². The van der Waals surface area contributed by atoms with Crippen LogP contribution < -0.4 is 9.64 Å². The maximum absolute atomic E-state index is 13.1. The van der Waals surface area contributed by atoms with Crippen LogP contribution in [0.4, 0.5) is 5.69 Å². The minimum absolute atomic E-state index is 0.0559. The summed E-state index contributed by atoms with van der Waals surface area (Å²) in [6, 6.07) is 22.4. The lowest BCUT2D eigenvalue weighted by Gasteiger charge is -2.25. The Labute approximate surface area is 188 Å². The quantitative estimate of drug-likeness (QED) is 0.300. The van der Waals surface area contributed by atoms with Crippen molar-refractivity contribution < 1.29 is 19.4 Å². The predicted octanol–water partition coefficient (Wildman–Crippen LogP) is 5.47. The number of hydrogen-bond acceptors (Lipinski definition) is 4. The number of nitrogens with zero attached hydrogens (tertiary/aromatic N) is 1. The van der Waals surface area contributed by atoms with Crippen molar-refractivity contribution in [3.63, 3.8) is 0 Å². The number of Topliss-reactive ketones (excluding diaryl/α,β-unsaturated/α-hetero) is 1. The summed E-state index contributed by atoms with van der Waals surface area (Å²) in [6.07, 6.45) is 0. The van der Waals surface area contributed by atoms with Crippen molar-refractivity contribution in [2.24, 2.45) is 0 Å². The Morgan fingerprint density at radius 3 is 2.23 bits per heavy atom. The van der Waals surface area contributed by atoms with E-state index >= 15 is 0 Å². The van der Waals surface area contributed by atoms with Gasteiger partial charge in [0, 0.05) is 15.7 Å². The molecule has 0 spiro atoms. The zero-order valence-electron chi connectivity index (χ0n) is 16.8. The van der Waals surface area contributed by atoms with E-state index < -0.39 is 17.7 Å². The molecule has 1 unspecified atom stereocenters. The number of ether oxygens (including phenoxy) is 1. The average molecular weight is 478 g/mol. The summed E-state index contributed by atoms with van der Waals surface area (Å²) >= 11 is 3.42. The largest absolute Gasteiger partial charge is 0.507 e. The Balaban J connectivity index is 1.88. The van der Waals surface area contributed by atoms with Gasteiger partial charge in [0.15, 0.2) is 0 Å². The number of hydrogen-bond donors (Lipinski definition) is 1. The van der Waals surface area contributed by atoms with Gasteiger partial charge in [-0.2, -0.15) is 0 Å². The van der Waals surface area contributed by atoms with Gasteiger partial charge < -0.3 is 9.84 Å². The zero-order valence-corrected chi connectivity index (χ0v) is 18.4. The van der Waals surface area contributed by atoms with Crippen molar-refractivity contribution in [1.29, 1.82) is 0 Å². The SMILES string of the molecule is CCOc1ccc(/C(O)=C2/C(=O)C(=O)N(c3ccccc3)C2c2ccc(Br)cc2)cc1. The summed E-state index contributed by atoms with van der Waals surface area (Å²) in [7, 11) is 0. The first-order valence-corrected chi connectivity index (χ1v) is 10.6. The minimum atomic E-state index is -0.748. The highest BCUT2D eigenvalue weighted by atomic mass is 79.9. The molecule has 3 aromatic carbocycles. The highest BCUT2D eigenvalue weighted by Crippen LogP contribution is 2.42. The molecule has 1 fully saturated rings. The lowest BCUT2D eigenvalue weighted by molar-refractivity contribution is -0.132. The van der Waals surface area contributed by atoms with Gasteiger partial charge in [-0.25, -0.2) is 0 Å². The van der Waals surface area contributed by atoms with Gasteiger partial charge in [-0.15, -0.1) is 0 Å². The molecule has 1 aliphatic rings. The van der Waals surface area contributed by atoms with Crippen LogP contribution in [0.3, 0.4) is 0 Å². The number of para-hydroxylation sites is 1. The van der Waals surface area contributed by atoms with E-state index in [9.17, 15) is 14.7 Å². The molecule has 1 heterocycles. The smallest absolute Gasteiger partial charge is 0.300 e. The Bertz CT molecular complexity index is 1140. The first-order valence-electron chi connectivity index (χ1n) is 9.86. The molecule has 4 rings (SSSR count). The number of carbonyl (C=O) groups is 2. The monoisotopic (exact) mass is 477 g/mol. The van der Waals surface area contributed by atoms with Crippen LogP contribution in [0.5, 0.6) is 5.75 Å². The van der Waals surface area contributed by atoms with Gasteiger partial charge in [-0.05, 0) is 61.0 Å². The topological polar surface area (TPSA) is 66.8 Å². The van der Waals surface area contributed by atoms with Crippen LogP contribution in [0.15, 0.2) is 88.9 Å². The van der Waals surface area contributed by atoms with Crippen LogP contribution in [0, 0.1) is 0 Å². The van der Waals surface area contributed by atoms with E-state index in [2.05, 4.69) is 15.9 Å². The van der Waals surface area contributed by atoms with Gasteiger partial charge in [0.1, 0.15) is 11.5 Å². The van der Waals surface area contributed by atoms with Crippen molar-refractivity contribution in [3.8, 4) is 5.75 Å². The number of halogens is 1. The Morgan fingerprint density at radius 2 is 1.61 bits per heavy atom. The first-order chi connectivity index (χ1) is 15.0. The fourth-order valence-corrected chi connectivity index (χ4v) is 3.94. The minimum Gasteiger partial charge on any atom is -0.507 e. The van der Waals surface area contributed by atoms with E-state index in [4.69, 9.17) is 4.74 Å². The van der Waals surface area contributed by atoms with Crippen LogP contribution >= 0.6 is 15.9 Å². The summed E-state index contributed by atoms with van der Waals surface area (Å²) in [5, 5.41) is 11.1. The molecule has 31 heavy (non-hydrogen) atoms. The predicted molar refractivity (Wildman–Crippen MR) is 123 cm³/mol. The lowest BCUT2D eigenvalue weighted by Crippen LogP contribution is -2.29. The fraction of sp³-hybridized carbons (Fsp3) is 0.120. The first kappa shape index (κ1) is 20.9. The maximum Gasteiger partial charge on any atom is 0.300 e. The number of rotatable bonds is 5. The van der Waals surface area contributed by atoms with Crippen molar-refractivity contribution in [1.82, 2.24) is 0 Å². The molecule has 0 saturated carbocycles. The normalized spacial score (nSPS) is 17.7. The number of anilines is 1. The third-order valence-electron chi connectivity index (χ3n) is 5.10. The van der Waals surface area contributed by atoms with Crippen molar-refractivity contribution in [3.05, 3.63) is 100 Å². The Hall–Kier alpha value is -3.38. The average Bonchev–Trinajstić information content (AvgIpc) is 3.06. The van der Waals surface area contributed by atoms with E-state index in [1.54, 1.807) is 48.5 Å². The summed E-state index contributed by atoms with van der Waals surface area (Å²) in [4.78, 5) is 27.6. The molecule has 1 saturated heterocycles. The second kappa shape index (κ2) is 8.78. The number of amides is 1. The molecule has 0 aromatic heterocycles. The standard InChI is InChI=1S/C25H20BrNO4/c1-2-31-20-14-10-17(11-15-20)23(28)21-22(16-8-12-18(26)13-9-16)27(25(30)24(21)29)19-6-4-3-5-7-19/h3-15,22,28H,2H2,1H3/b23-21-. The van der Waals surface area contributed by atoms with E-state index in [-0.39, 0.29) is 11.3 Å². The second-order valence-corrected chi connectivity index (χ2v) is 7.93. The molecule has 0 bridgehead atoms. The molecule has 1 amide bonds. The maximum atomic E-state index is 13.1. The highest BCUT2D eigenvalue weighted by Gasteiger charge is 2.46. The molecule has 1 atom stereocenters. The molecule has 3 aromatic rings. The Morgan fingerprint density at radius 1 is 0.968 bits per heavy atom. The van der Waals surface area contributed by atoms with Gasteiger partial charge >= 0.3 is 0 Å². The van der Waals surface area contributed by atoms with E-state index in [1.165, 1.54) is 4.90 Å². The molecule has 5 nitrogen and oxygen atoms in total. The summed E-state index contributed by atoms with van der Waals surface area (Å²) in [6.45, 7) is 2.41. The molecule has 156 valence electrons. The van der Waals surface area contributed by atoms with Crippen LogP contribution in [-0.4, -0.2) is 23.4 Å². The fourth-order valence-electron chi connectivity index (χ4n) is 3.68. The van der Waals surface area contributed by atoms with Crippen molar-refractivity contribution in [2.45, 2.75) is 13.0 Å². The Kier molecular flexibility index (Phi) is 5.91. The van der Waals surface area contributed by atoms with Crippen LogP contribution in [-0.2, 0) is 9.59 Å². The number of benzene rings is 3. The van der Waals surface area contributed by atoms with Gasteiger partial charge in [-0.3, -0.25) is 14.5 Å². The zero-order chi connectivity index (χ0) is 22.0. The highest BCUT2D eigenvalue weighted by molar-refractivity contribution is 9.10. The third kappa shape index (κ3) is 3.99. The number of ketones is 1. The van der Waals surface area contributed by atoms with E-state index in [0.29, 0.717) is 23.6 Å². The van der Waals surface area contributed by atoms with Gasteiger partial charge in [0.25, 0.3) is 11.7 Å². The molecule has 6 heteroatoms. The molecule has 1 N–H and O–H groups in total. The van der Waals surface area contributed by atoms with Crippen LogP contribution in [0.1, 0.15) is 24.1 Å². The van der Waals surface area contributed by atoms with Crippen molar-refractivity contribution in [2.75, 3.05) is 11.5 Å². The van der Waals surface area contributed by atoms with Crippen molar-refractivity contribution >= 4 is 39.1 Å². The molecule has 0 radical (unpaired) electrons. The van der Waals surface area contributed by atoms with E-state index in [1.807, 2.05) is 37.3 Å². The molecule has 0 aliphatic carbocycles. The van der Waals surface area contributed by atoms with Gasteiger partial charge in [0.2, 0.25) is 0 Å². The molecular weight excluding hydrogens is 458 g/mol. The summed E-state index contributed by atoms with van der Waals surface area (Å²) in [5.74, 6) is -0.948. The summed E-state index contributed by atoms with van der Waals surface area (Å²) in [5.41, 5.74) is 1.80. The van der Waals surface area contributed by atoms with Crippen LogP contribution in [0.2, 0.25) is 0 Å². The van der Waals surface area contributed by atoms with E-state index in [0.717, 1.165) is 10.0 Å². The molecular formula is C25H20BrNO4.